The lowest BCUT2D eigenvalue weighted by atomic mass is 10.0. The van der Waals surface area contributed by atoms with Gasteiger partial charge in [-0.15, -0.1) is 0 Å². The van der Waals surface area contributed by atoms with E-state index in [1.165, 1.54) is 16.7 Å². The molecule has 1 unspecified atom stereocenters. The minimum absolute atomic E-state index is 0.198. The third-order valence-electron chi connectivity index (χ3n) is 3.71. The number of benzene rings is 1. The molecule has 106 valence electrons. The Balaban J connectivity index is 2.04. The molecule has 0 aliphatic heterocycles. The summed E-state index contributed by atoms with van der Waals surface area (Å²) in [4.78, 5) is 8.89. The molecule has 0 aliphatic rings. The Bertz CT molecular complexity index is 561. The average molecular weight is 269 g/mol. The molecule has 2 aromatic rings. The van der Waals surface area contributed by atoms with E-state index >= 15 is 0 Å². The van der Waals surface area contributed by atoms with Crippen molar-refractivity contribution in [2.45, 2.75) is 46.1 Å². The van der Waals surface area contributed by atoms with E-state index in [0.717, 1.165) is 30.7 Å². The number of aryl methyl sites for hydroxylation is 2. The summed E-state index contributed by atoms with van der Waals surface area (Å²) in [5, 5.41) is 0. The number of nitrogens with zero attached hydrogens (tertiary/aromatic N) is 2. The predicted octanol–water partition coefficient (Wildman–Crippen LogP) is 2.96. The van der Waals surface area contributed by atoms with Crippen LogP contribution in [0.4, 0.5) is 0 Å². The van der Waals surface area contributed by atoms with E-state index in [2.05, 4.69) is 48.9 Å². The average Bonchev–Trinajstić information content (AvgIpc) is 2.45. The Morgan fingerprint density at radius 3 is 2.35 bits per heavy atom. The number of hydrogen-bond acceptors (Lipinski definition) is 3. The summed E-state index contributed by atoms with van der Waals surface area (Å²) in [6.45, 7) is 6.36. The molecule has 1 heterocycles. The van der Waals surface area contributed by atoms with Crippen molar-refractivity contribution in [2.75, 3.05) is 0 Å². The van der Waals surface area contributed by atoms with Gasteiger partial charge in [-0.05, 0) is 48.9 Å². The molecule has 0 radical (unpaired) electrons. The molecule has 0 bridgehead atoms. The second-order valence-corrected chi connectivity index (χ2v) is 5.48. The number of aromatic nitrogens is 2. The van der Waals surface area contributed by atoms with Crippen LogP contribution in [-0.4, -0.2) is 16.0 Å². The zero-order valence-electron chi connectivity index (χ0n) is 12.6. The predicted molar refractivity (Wildman–Crippen MR) is 82.7 cm³/mol. The summed E-state index contributed by atoms with van der Waals surface area (Å²) in [6.07, 6.45) is 6.41. The van der Waals surface area contributed by atoms with Crippen LogP contribution in [-0.2, 0) is 12.8 Å². The lowest BCUT2D eigenvalue weighted by molar-refractivity contribution is 0.642. The molecule has 1 atom stereocenters. The lowest BCUT2D eigenvalue weighted by Crippen LogP contribution is -2.21. The normalized spacial score (nSPS) is 12.4. The Hall–Kier alpha value is -1.74. The molecule has 2 rings (SSSR count). The van der Waals surface area contributed by atoms with Crippen LogP contribution in [0.5, 0.6) is 0 Å². The molecule has 0 amide bonds. The Labute approximate surface area is 121 Å². The van der Waals surface area contributed by atoms with Gasteiger partial charge in [0.25, 0.3) is 0 Å². The zero-order valence-corrected chi connectivity index (χ0v) is 12.6. The van der Waals surface area contributed by atoms with Crippen LogP contribution in [0, 0.1) is 13.8 Å². The molecule has 3 heteroatoms. The number of rotatable bonds is 5. The standard InChI is InChI=1S/C17H23N3/c1-4-16(18)8-15-10-19-17(20-11-15)9-14-6-5-12(2)13(3)7-14/h5-7,10-11,16H,4,8-9,18H2,1-3H3. The Morgan fingerprint density at radius 2 is 1.75 bits per heavy atom. The highest BCUT2D eigenvalue weighted by molar-refractivity contribution is 5.31. The van der Waals surface area contributed by atoms with Crippen LogP contribution in [0.25, 0.3) is 0 Å². The Kier molecular flexibility index (Phi) is 4.85. The van der Waals surface area contributed by atoms with Crippen molar-refractivity contribution in [3.63, 3.8) is 0 Å². The molecule has 20 heavy (non-hydrogen) atoms. The Morgan fingerprint density at radius 1 is 1.05 bits per heavy atom. The summed E-state index contributed by atoms with van der Waals surface area (Å²) < 4.78 is 0. The van der Waals surface area contributed by atoms with Crippen molar-refractivity contribution in [2.24, 2.45) is 5.73 Å². The molecule has 2 N–H and O–H groups in total. The van der Waals surface area contributed by atoms with Crippen molar-refractivity contribution < 1.29 is 0 Å². The highest BCUT2D eigenvalue weighted by atomic mass is 14.9. The van der Waals surface area contributed by atoms with Gasteiger partial charge in [-0.2, -0.15) is 0 Å². The molecule has 0 fully saturated rings. The van der Waals surface area contributed by atoms with Gasteiger partial charge in [0.1, 0.15) is 5.82 Å². The van der Waals surface area contributed by atoms with Gasteiger partial charge in [0, 0.05) is 24.9 Å². The van der Waals surface area contributed by atoms with Gasteiger partial charge in [0.15, 0.2) is 0 Å². The summed E-state index contributed by atoms with van der Waals surface area (Å²) in [5.74, 6) is 0.863. The second kappa shape index (κ2) is 6.62. The van der Waals surface area contributed by atoms with Crippen molar-refractivity contribution in [1.82, 2.24) is 9.97 Å². The quantitative estimate of drug-likeness (QED) is 0.908. The minimum Gasteiger partial charge on any atom is -0.327 e. The van der Waals surface area contributed by atoms with Crippen molar-refractivity contribution in [3.8, 4) is 0 Å². The summed E-state index contributed by atoms with van der Waals surface area (Å²) in [7, 11) is 0. The molecule has 1 aromatic carbocycles. The molecule has 0 saturated carbocycles. The third kappa shape index (κ3) is 3.87. The van der Waals surface area contributed by atoms with Crippen LogP contribution in [0.1, 0.15) is 41.4 Å². The van der Waals surface area contributed by atoms with E-state index < -0.39 is 0 Å². The summed E-state index contributed by atoms with van der Waals surface area (Å²) >= 11 is 0. The van der Waals surface area contributed by atoms with Crippen LogP contribution in [0.2, 0.25) is 0 Å². The van der Waals surface area contributed by atoms with E-state index in [1.807, 2.05) is 12.4 Å². The minimum atomic E-state index is 0.198. The van der Waals surface area contributed by atoms with Gasteiger partial charge in [-0.3, -0.25) is 0 Å². The highest BCUT2D eigenvalue weighted by Gasteiger charge is 2.04. The van der Waals surface area contributed by atoms with Gasteiger partial charge >= 0.3 is 0 Å². The van der Waals surface area contributed by atoms with Crippen molar-refractivity contribution in [1.29, 1.82) is 0 Å². The maximum Gasteiger partial charge on any atom is 0.132 e. The van der Waals surface area contributed by atoms with E-state index in [-0.39, 0.29) is 6.04 Å². The van der Waals surface area contributed by atoms with Crippen molar-refractivity contribution >= 4 is 0 Å². The molecular formula is C17H23N3. The lowest BCUT2D eigenvalue weighted by Gasteiger charge is -2.08. The van der Waals surface area contributed by atoms with E-state index in [9.17, 15) is 0 Å². The van der Waals surface area contributed by atoms with Crippen LogP contribution in [0.15, 0.2) is 30.6 Å². The molecule has 0 saturated heterocycles. The van der Waals surface area contributed by atoms with E-state index in [1.54, 1.807) is 0 Å². The first-order valence-corrected chi connectivity index (χ1v) is 7.20. The fraction of sp³-hybridized carbons (Fsp3) is 0.412. The van der Waals surface area contributed by atoms with Gasteiger partial charge in [0.2, 0.25) is 0 Å². The number of nitrogens with two attached hydrogens (primary N) is 1. The van der Waals surface area contributed by atoms with Gasteiger partial charge in [-0.25, -0.2) is 9.97 Å². The van der Waals surface area contributed by atoms with Gasteiger partial charge in [0.05, 0.1) is 0 Å². The smallest absolute Gasteiger partial charge is 0.132 e. The SMILES string of the molecule is CCC(N)Cc1cnc(Cc2ccc(C)c(C)c2)nc1. The van der Waals surface area contributed by atoms with Crippen molar-refractivity contribution in [3.05, 3.63) is 58.7 Å². The van der Waals surface area contributed by atoms with Gasteiger partial charge < -0.3 is 5.73 Å². The summed E-state index contributed by atoms with van der Waals surface area (Å²) in [5.41, 5.74) is 10.9. The van der Waals surface area contributed by atoms with E-state index in [4.69, 9.17) is 5.73 Å². The summed E-state index contributed by atoms with van der Waals surface area (Å²) in [6, 6.07) is 6.70. The monoisotopic (exact) mass is 269 g/mol. The molecule has 0 aliphatic carbocycles. The maximum atomic E-state index is 5.94. The fourth-order valence-corrected chi connectivity index (χ4v) is 2.12. The zero-order chi connectivity index (χ0) is 14.5. The topological polar surface area (TPSA) is 51.8 Å². The van der Waals surface area contributed by atoms with Crippen LogP contribution < -0.4 is 5.73 Å². The molecule has 3 nitrogen and oxygen atoms in total. The fourth-order valence-electron chi connectivity index (χ4n) is 2.12. The molecular weight excluding hydrogens is 246 g/mol. The first-order valence-electron chi connectivity index (χ1n) is 7.20. The van der Waals surface area contributed by atoms with Crippen LogP contribution >= 0.6 is 0 Å². The largest absolute Gasteiger partial charge is 0.327 e. The third-order valence-corrected chi connectivity index (χ3v) is 3.71. The highest BCUT2D eigenvalue weighted by Crippen LogP contribution is 2.12. The maximum absolute atomic E-state index is 5.94. The first-order chi connectivity index (χ1) is 9.58. The molecule has 1 aromatic heterocycles. The molecule has 0 spiro atoms. The first kappa shape index (κ1) is 14.7. The van der Waals surface area contributed by atoms with Crippen LogP contribution in [0.3, 0.4) is 0 Å². The van der Waals surface area contributed by atoms with Gasteiger partial charge in [-0.1, -0.05) is 25.1 Å². The van der Waals surface area contributed by atoms with E-state index in [0.29, 0.717) is 0 Å². The second-order valence-electron chi connectivity index (χ2n) is 5.48. The number of hydrogen-bond donors (Lipinski definition) is 1.